The van der Waals surface area contributed by atoms with Crippen LogP contribution in [0.4, 0.5) is 0 Å². The molecule has 0 spiro atoms. The van der Waals surface area contributed by atoms with Gasteiger partial charge in [0.2, 0.25) is 10.0 Å². The lowest BCUT2D eigenvalue weighted by Gasteiger charge is -2.30. The summed E-state index contributed by atoms with van der Waals surface area (Å²) in [6.07, 6.45) is 7.88. The summed E-state index contributed by atoms with van der Waals surface area (Å²) in [5, 5.41) is 4.62. The maximum atomic E-state index is 12.3. The van der Waals surface area contributed by atoms with Gasteiger partial charge >= 0.3 is 0 Å². The molecule has 0 unspecified atom stereocenters. The third-order valence-electron chi connectivity index (χ3n) is 4.72. The first-order chi connectivity index (χ1) is 10.4. The van der Waals surface area contributed by atoms with Crippen molar-refractivity contribution in [3.8, 4) is 0 Å². The van der Waals surface area contributed by atoms with Crippen molar-refractivity contribution in [2.45, 2.75) is 51.0 Å². The number of sulfonamides is 1. The predicted octanol–water partition coefficient (Wildman–Crippen LogP) is 1.11. The molecule has 7 heteroatoms. The van der Waals surface area contributed by atoms with Gasteiger partial charge in [0.15, 0.2) is 0 Å². The van der Waals surface area contributed by atoms with Crippen LogP contribution in [0.25, 0.3) is 0 Å². The number of hydrogen-bond donors (Lipinski definition) is 0. The van der Waals surface area contributed by atoms with Crippen LogP contribution in [0.5, 0.6) is 0 Å². The van der Waals surface area contributed by atoms with Gasteiger partial charge in [-0.2, -0.15) is 5.10 Å². The summed E-state index contributed by atoms with van der Waals surface area (Å²) in [6, 6.07) is 1.76. The van der Waals surface area contributed by atoms with Crippen LogP contribution < -0.4 is 5.56 Å². The van der Waals surface area contributed by atoms with Crippen molar-refractivity contribution in [1.29, 1.82) is 0 Å². The zero-order valence-corrected chi connectivity index (χ0v) is 13.8. The fourth-order valence-electron chi connectivity index (χ4n) is 3.43. The maximum absolute atomic E-state index is 12.3. The summed E-state index contributed by atoms with van der Waals surface area (Å²) in [6.45, 7) is 0.934. The molecule has 1 saturated heterocycles. The van der Waals surface area contributed by atoms with Crippen molar-refractivity contribution >= 4 is 10.0 Å². The smallest absolute Gasteiger partial charge is 0.267 e. The Morgan fingerprint density at radius 1 is 1.14 bits per heavy atom. The maximum Gasteiger partial charge on any atom is 0.267 e. The van der Waals surface area contributed by atoms with E-state index in [0.717, 1.165) is 36.9 Å². The van der Waals surface area contributed by atoms with Crippen molar-refractivity contribution in [3.63, 3.8) is 0 Å². The number of rotatable bonds is 2. The van der Waals surface area contributed by atoms with Gasteiger partial charge in [-0.3, -0.25) is 4.79 Å². The second-order valence-electron chi connectivity index (χ2n) is 6.35. The molecule has 1 aromatic rings. The largest absolute Gasteiger partial charge is 0.268 e. The Hall–Kier alpha value is -1.21. The van der Waals surface area contributed by atoms with E-state index in [-0.39, 0.29) is 11.6 Å². The molecule has 0 atom stereocenters. The number of aryl methyl sites for hydroxylation is 2. The second kappa shape index (κ2) is 6.12. The predicted molar refractivity (Wildman–Crippen MR) is 84.4 cm³/mol. The number of nitrogens with zero attached hydrogens (tertiary/aromatic N) is 3. The number of hydrogen-bond acceptors (Lipinski definition) is 4. The zero-order valence-electron chi connectivity index (χ0n) is 13.0. The highest BCUT2D eigenvalue weighted by molar-refractivity contribution is 7.88. The molecule has 6 nitrogen and oxygen atoms in total. The normalized spacial score (nSPS) is 21.3. The minimum atomic E-state index is -3.14. The van der Waals surface area contributed by atoms with E-state index in [1.165, 1.54) is 17.0 Å². The van der Waals surface area contributed by atoms with E-state index in [9.17, 15) is 13.2 Å². The van der Waals surface area contributed by atoms with Gasteiger partial charge in [-0.25, -0.2) is 17.4 Å². The molecular weight excluding hydrogens is 302 g/mol. The van der Waals surface area contributed by atoms with E-state index in [2.05, 4.69) is 5.10 Å². The molecule has 1 aromatic heterocycles. The zero-order chi connectivity index (χ0) is 15.7. The standard InChI is InChI=1S/C15H23N3O3S/c1-22(20,21)17-9-7-13(8-10-17)18-15(19)11-12-5-3-2-4-6-14(12)16-18/h11,13H,2-10H2,1H3. The van der Waals surface area contributed by atoms with Crippen molar-refractivity contribution in [2.24, 2.45) is 0 Å². The van der Waals surface area contributed by atoms with Crippen LogP contribution in [0.2, 0.25) is 0 Å². The molecular formula is C15H23N3O3S. The molecule has 0 aromatic carbocycles. The van der Waals surface area contributed by atoms with Gasteiger partial charge in [0.25, 0.3) is 5.56 Å². The minimum Gasteiger partial charge on any atom is -0.268 e. The fraction of sp³-hybridized carbons (Fsp3) is 0.733. The number of piperidine rings is 1. The molecule has 2 heterocycles. The van der Waals surface area contributed by atoms with Gasteiger partial charge in [0, 0.05) is 19.2 Å². The second-order valence-corrected chi connectivity index (χ2v) is 8.34. The summed E-state index contributed by atoms with van der Waals surface area (Å²) in [4.78, 5) is 12.3. The van der Waals surface area contributed by atoms with Crippen LogP contribution in [0.15, 0.2) is 10.9 Å². The molecule has 0 bridgehead atoms. The third-order valence-corrected chi connectivity index (χ3v) is 6.02. The first-order valence-electron chi connectivity index (χ1n) is 8.02. The molecule has 2 aliphatic rings. The van der Waals surface area contributed by atoms with E-state index in [1.807, 2.05) is 0 Å². The van der Waals surface area contributed by atoms with Crippen molar-refractivity contribution in [3.05, 3.63) is 27.7 Å². The highest BCUT2D eigenvalue weighted by Crippen LogP contribution is 2.23. The van der Waals surface area contributed by atoms with Crippen LogP contribution in [-0.4, -0.2) is 41.8 Å². The van der Waals surface area contributed by atoms with Crippen LogP contribution >= 0.6 is 0 Å². The SMILES string of the molecule is CS(=O)(=O)N1CCC(n2nc3c(cc2=O)CCCCC3)CC1. The molecule has 3 rings (SSSR count). The fourth-order valence-corrected chi connectivity index (χ4v) is 4.31. The molecule has 1 aliphatic carbocycles. The van der Waals surface area contributed by atoms with Crippen LogP contribution in [0.3, 0.4) is 0 Å². The lowest BCUT2D eigenvalue weighted by Crippen LogP contribution is -2.41. The average molecular weight is 325 g/mol. The molecule has 122 valence electrons. The van der Waals surface area contributed by atoms with Gasteiger partial charge in [0.05, 0.1) is 18.0 Å². The van der Waals surface area contributed by atoms with Crippen molar-refractivity contribution in [1.82, 2.24) is 14.1 Å². The molecule has 1 fully saturated rings. The molecule has 0 amide bonds. The first kappa shape index (κ1) is 15.7. The Bertz CT molecular complexity index is 703. The van der Waals surface area contributed by atoms with Gasteiger partial charge in [-0.05, 0) is 44.1 Å². The highest BCUT2D eigenvalue weighted by Gasteiger charge is 2.27. The number of aromatic nitrogens is 2. The van der Waals surface area contributed by atoms with E-state index in [4.69, 9.17) is 0 Å². The Morgan fingerprint density at radius 3 is 2.50 bits per heavy atom. The Kier molecular flexibility index (Phi) is 4.36. The van der Waals surface area contributed by atoms with Crippen LogP contribution in [-0.2, 0) is 22.9 Å². The van der Waals surface area contributed by atoms with E-state index < -0.39 is 10.0 Å². The lowest BCUT2D eigenvalue weighted by atomic mass is 10.1. The average Bonchev–Trinajstić information content (AvgIpc) is 2.70. The van der Waals surface area contributed by atoms with E-state index >= 15 is 0 Å². The Balaban J connectivity index is 1.81. The van der Waals surface area contributed by atoms with Crippen molar-refractivity contribution < 1.29 is 8.42 Å². The first-order valence-corrected chi connectivity index (χ1v) is 9.87. The lowest BCUT2D eigenvalue weighted by molar-refractivity contribution is 0.254. The minimum absolute atomic E-state index is 0.0130. The molecule has 0 saturated carbocycles. The van der Waals surface area contributed by atoms with E-state index in [1.54, 1.807) is 10.7 Å². The monoisotopic (exact) mass is 325 g/mol. The summed E-state index contributed by atoms with van der Waals surface area (Å²) < 4.78 is 26.2. The molecule has 1 aliphatic heterocycles. The van der Waals surface area contributed by atoms with Crippen LogP contribution in [0, 0.1) is 0 Å². The van der Waals surface area contributed by atoms with Gasteiger partial charge in [-0.1, -0.05) is 6.42 Å². The van der Waals surface area contributed by atoms with Crippen LogP contribution in [0.1, 0.15) is 49.4 Å². The summed E-state index contributed by atoms with van der Waals surface area (Å²) in [5.74, 6) is 0. The topological polar surface area (TPSA) is 72.3 Å². The van der Waals surface area contributed by atoms with Gasteiger partial charge < -0.3 is 0 Å². The van der Waals surface area contributed by atoms with Crippen molar-refractivity contribution in [2.75, 3.05) is 19.3 Å². The summed E-state index contributed by atoms with van der Waals surface area (Å²) >= 11 is 0. The number of fused-ring (bicyclic) bond motifs is 1. The summed E-state index contributed by atoms with van der Waals surface area (Å²) in [7, 11) is -3.14. The van der Waals surface area contributed by atoms with E-state index in [0.29, 0.717) is 25.9 Å². The summed E-state index contributed by atoms with van der Waals surface area (Å²) in [5.41, 5.74) is 2.12. The van der Waals surface area contributed by atoms with Gasteiger partial charge in [0.1, 0.15) is 0 Å². The van der Waals surface area contributed by atoms with Gasteiger partial charge in [-0.15, -0.1) is 0 Å². The Labute approximate surface area is 131 Å². The molecule has 0 radical (unpaired) electrons. The molecule has 22 heavy (non-hydrogen) atoms. The highest BCUT2D eigenvalue weighted by atomic mass is 32.2. The Morgan fingerprint density at radius 2 is 1.82 bits per heavy atom. The quantitative estimate of drug-likeness (QED) is 0.764. The molecule has 0 N–H and O–H groups in total. The third kappa shape index (κ3) is 3.25.